The molecule has 1 aromatic heterocycles. The van der Waals surface area contributed by atoms with E-state index in [2.05, 4.69) is 20.6 Å². The molecule has 0 unspecified atom stereocenters. The van der Waals surface area contributed by atoms with Gasteiger partial charge in [-0.05, 0) is 5.56 Å². The molecule has 0 saturated carbocycles. The largest absolute Gasteiger partial charge is 0.480 e. The molecule has 8 heteroatoms. The monoisotopic (exact) mass is 344 g/mol. The Morgan fingerprint density at radius 3 is 2.40 bits per heavy atom. The van der Waals surface area contributed by atoms with Crippen molar-refractivity contribution in [3.8, 4) is 0 Å². The lowest BCUT2D eigenvalue weighted by Crippen LogP contribution is -2.52. The summed E-state index contributed by atoms with van der Waals surface area (Å²) in [5, 5.41) is 14.4. The zero-order valence-corrected chi connectivity index (χ0v) is 13.7. The van der Waals surface area contributed by atoms with Crippen LogP contribution in [0.5, 0.6) is 0 Å². The molecule has 0 saturated heterocycles. The van der Waals surface area contributed by atoms with Gasteiger partial charge in [0.15, 0.2) is 0 Å². The molecular formula is C17H20N4O4. The van der Waals surface area contributed by atoms with E-state index in [1.807, 2.05) is 6.07 Å². The molecule has 2 aromatic rings. The van der Waals surface area contributed by atoms with Gasteiger partial charge in [0.2, 0.25) is 11.8 Å². The summed E-state index contributed by atoms with van der Waals surface area (Å²) in [7, 11) is 0. The molecule has 4 N–H and O–H groups in total. The number of hydrogen-bond donors (Lipinski definition) is 4. The second kappa shape index (κ2) is 8.62. The van der Waals surface area contributed by atoms with Crippen LogP contribution in [0.25, 0.3) is 0 Å². The van der Waals surface area contributed by atoms with E-state index in [0.717, 1.165) is 5.56 Å². The van der Waals surface area contributed by atoms with Gasteiger partial charge >= 0.3 is 5.97 Å². The number of aliphatic carboxylic acids is 1. The summed E-state index contributed by atoms with van der Waals surface area (Å²) < 4.78 is 0. The number of hydrogen-bond acceptors (Lipinski definition) is 4. The topological polar surface area (TPSA) is 124 Å². The van der Waals surface area contributed by atoms with E-state index in [9.17, 15) is 19.5 Å². The van der Waals surface area contributed by atoms with Gasteiger partial charge in [0.25, 0.3) is 0 Å². The minimum absolute atomic E-state index is 0.152. The minimum Gasteiger partial charge on any atom is -0.480 e. The molecule has 8 nitrogen and oxygen atoms in total. The number of rotatable bonds is 8. The number of aromatic amines is 1. The first-order valence-corrected chi connectivity index (χ1v) is 7.77. The minimum atomic E-state index is -1.14. The molecule has 0 aliphatic heterocycles. The summed E-state index contributed by atoms with van der Waals surface area (Å²) in [4.78, 5) is 42.1. The normalized spacial score (nSPS) is 12.8. The van der Waals surface area contributed by atoms with Crippen LogP contribution in [0.4, 0.5) is 0 Å². The van der Waals surface area contributed by atoms with Gasteiger partial charge in [-0.25, -0.2) is 9.78 Å². The molecule has 0 fully saturated rings. The number of nitrogens with one attached hydrogen (secondary N) is 3. The molecule has 0 aliphatic carbocycles. The summed E-state index contributed by atoms with van der Waals surface area (Å²) in [5.74, 6) is -2.08. The number of carboxylic acid groups (broad SMARTS) is 1. The molecule has 1 aromatic carbocycles. The Morgan fingerprint density at radius 1 is 1.12 bits per heavy atom. The van der Waals surface area contributed by atoms with Gasteiger partial charge in [0, 0.05) is 31.7 Å². The van der Waals surface area contributed by atoms with Gasteiger partial charge in [-0.15, -0.1) is 0 Å². The van der Waals surface area contributed by atoms with Gasteiger partial charge in [-0.2, -0.15) is 0 Å². The highest BCUT2D eigenvalue weighted by atomic mass is 16.4. The number of amides is 2. The maximum Gasteiger partial charge on any atom is 0.326 e. The number of carboxylic acids is 1. The first-order chi connectivity index (χ1) is 12.0. The van der Waals surface area contributed by atoms with Crippen molar-refractivity contribution < 1.29 is 19.5 Å². The van der Waals surface area contributed by atoms with Gasteiger partial charge in [0.1, 0.15) is 12.1 Å². The third kappa shape index (κ3) is 5.76. The van der Waals surface area contributed by atoms with Crippen molar-refractivity contribution in [1.29, 1.82) is 0 Å². The fraction of sp³-hybridized carbons (Fsp3) is 0.294. The van der Waals surface area contributed by atoms with E-state index in [-0.39, 0.29) is 18.7 Å². The van der Waals surface area contributed by atoms with E-state index in [0.29, 0.717) is 5.69 Å². The number of nitrogens with zero attached hydrogens (tertiary/aromatic N) is 1. The molecule has 0 bridgehead atoms. The Hall–Kier alpha value is -3.16. The van der Waals surface area contributed by atoms with Crippen LogP contribution in [0, 0.1) is 0 Å². The number of aromatic nitrogens is 2. The van der Waals surface area contributed by atoms with Crippen molar-refractivity contribution in [2.45, 2.75) is 31.8 Å². The Labute approximate surface area is 144 Å². The summed E-state index contributed by atoms with van der Waals surface area (Å²) in [6.07, 6.45) is 3.34. The fourth-order valence-electron chi connectivity index (χ4n) is 2.39. The summed E-state index contributed by atoms with van der Waals surface area (Å²) in [6, 6.07) is 7.02. The van der Waals surface area contributed by atoms with Crippen LogP contribution >= 0.6 is 0 Å². The van der Waals surface area contributed by atoms with Crippen LogP contribution in [0.2, 0.25) is 0 Å². The molecule has 0 radical (unpaired) electrons. The predicted octanol–water partition coefficient (Wildman–Crippen LogP) is 0.269. The highest BCUT2D eigenvalue weighted by Crippen LogP contribution is 2.05. The quantitative estimate of drug-likeness (QED) is 0.547. The molecular weight excluding hydrogens is 324 g/mol. The molecule has 0 aliphatic rings. The van der Waals surface area contributed by atoms with Crippen molar-refractivity contribution in [1.82, 2.24) is 20.6 Å². The Bertz CT molecular complexity index is 716. The molecule has 2 amide bonds. The van der Waals surface area contributed by atoms with Gasteiger partial charge in [-0.1, -0.05) is 30.3 Å². The van der Waals surface area contributed by atoms with E-state index in [1.54, 1.807) is 30.5 Å². The van der Waals surface area contributed by atoms with Crippen LogP contribution < -0.4 is 10.6 Å². The Kier molecular flexibility index (Phi) is 6.27. The average molecular weight is 344 g/mol. The molecule has 132 valence electrons. The molecule has 25 heavy (non-hydrogen) atoms. The van der Waals surface area contributed by atoms with Crippen LogP contribution in [-0.2, 0) is 27.2 Å². The lowest BCUT2D eigenvalue weighted by atomic mass is 10.0. The van der Waals surface area contributed by atoms with E-state index in [4.69, 9.17) is 0 Å². The first kappa shape index (κ1) is 18.2. The van der Waals surface area contributed by atoms with Crippen LogP contribution in [0.1, 0.15) is 18.2 Å². The lowest BCUT2D eigenvalue weighted by Gasteiger charge is -2.20. The first-order valence-electron chi connectivity index (χ1n) is 7.77. The SMILES string of the molecule is CC(=O)N[C@@H](Cc1cnc[nH]1)C(=O)N[C@@H](Cc1ccccc1)C(=O)O. The lowest BCUT2D eigenvalue weighted by molar-refractivity contribution is -0.142. The third-order valence-corrected chi connectivity index (χ3v) is 3.57. The van der Waals surface area contributed by atoms with E-state index >= 15 is 0 Å². The molecule has 0 spiro atoms. The summed E-state index contributed by atoms with van der Waals surface area (Å²) in [6.45, 7) is 1.30. The van der Waals surface area contributed by atoms with Crippen molar-refractivity contribution in [2.75, 3.05) is 0 Å². The third-order valence-electron chi connectivity index (χ3n) is 3.57. The zero-order valence-electron chi connectivity index (χ0n) is 13.7. The van der Waals surface area contributed by atoms with E-state index < -0.39 is 24.0 Å². The summed E-state index contributed by atoms with van der Waals surface area (Å²) >= 11 is 0. The smallest absolute Gasteiger partial charge is 0.326 e. The number of carbonyl (C=O) groups is 3. The van der Waals surface area contributed by atoms with Gasteiger partial charge in [-0.3, -0.25) is 9.59 Å². The molecule has 1 heterocycles. The van der Waals surface area contributed by atoms with E-state index in [1.165, 1.54) is 13.3 Å². The fourth-order valence-corrected chi connectivity index (χ4v) is 2.39. The second-order valence-corrected chi connectivity index (χ2v) is 5.62. The van der Waals surface area contributed by atoms with Crippen molar-refractivity contribution in [3.63, 3.8) is 0 Å². The maximum absolute atomic E-state index is 12.5. The van der Waals surface area contributed by atoms with Gasteiger partial charge < -0.3 is 20.7 Å². The predicted molar refractivity (Wildman–Crippen MR) is 89.6 cm³/mol. The summed E-state index contributed by atoms with van der Waals surface area (Å²) in [5.41, 5.74) is 1.45. The van der Waals surface area contributed by atoms with Gasteiger partial charge in [0.05, 0.1) is 6.33 Å². The molecule has 2 rings (SSSR count). The van der Waals surface area contributed by atoms with Crippen molar-refractivity contribution in [2.24, 2.45) is 0 Å². The molecule has 2 atom stereocenters. The van der Waals surface area contributed by atoms with Crippen LogP contribution in [0.15, 0.2) is 42.9 Å². The number of benzene rings is 1. The number of imidazole rings is 1. The zero-order chi connectivity index (χ0) is 18.2. The van der Waals surface area contributed by atoms with Crippen LogP contribution in [-0.4, -0.2) is 44.9 Å². The van der Waals surface area contributed by atoms with Crippen molar-refractivity contribution in [3.05, 3.63) is 54.1 Å². The number of carbonyl (C=O) groups excluding carboxylic acids is 2. The highest BCUT2D eigenvalue weighted by Gasteiger charge is 2.26. The van der Waals surface area contributed by atoms with Crippen molar-refractivity contribution >= 4 is 17.8 Å². The maximum atomic E-state index is 12.5. The highest BCUT2D eigenvalue weighted by molar-refractivity contribution is 5.90. The standard InChI is InChI=1S/C17H20N4O4/c1-11(22)20-14(8-13-9-18-10-19-13)16(23)21-15(17(24)25)7-12-5-3-2-4-6-12/h2-6,9-10,14-15H,7-8H2,1H3,(H,18,19)(H,20,22)(H,21,23)(H,24,25)/t14-,15-/m0/s1. The number of H-pyrrole nitrogens is 1. The Morgan fingerprint density at radius 2 is 1.84 bits per heavy atom. The second-order valence-electron chi connectivity index (χ2n) is 5.62. The Balaban J connectivity index is 2.07. The van der Waals surface area contributed by atoms with Crippen LogP contribution in [0.3, 0.4) is 0 Å². The average Bonchev–Trinajstić information content (AvgIpc) is 3.07.